The number of rotatable bonds is 3. The summed E-state index contributed by atoms with van der Waals surface area (Å²) < 4.78 is 21.0. The van der Waals surface area contributed by atoms with Crippen LogP contribution in [0.4, 0.5) is 4.39 Å². The van der Waals surface area contributed by atoms with E-state index in [9.17, 15) is 9.18 Å². The molecule has 4 heterocycles. The van der Waals surface area contributed by atoms with E-state index in [2.05, 4.69) is 16.0 Å². The third kappa shape index (κ3) is 3.07. The highest BCUT2D eigenvalue weighted by molar-refractivity contribution is 5.53. The van der Waals surface area contributed by atoms with Crippen molar-refractivity contribution in [2.45, 2.75) is 32.4 Å². The molecule has 0 unspecified atom stereocenters. The van der Waals surface area contributed by atoms with Crippen molar-refractivity contribution in [1.29, 1.82) is 0 Å². The zero-order valence-electron chi connectivity index (χ0n) is 15.8. The number of oxazole rings is 1. The second kappa shape index (κ2) is 6.71. The number of piperidine rings is 1. The maximum Gasteiger partial charge on any atom is 0.250 e. The molecule has 5 rings (SSSR count). The fourth-order valence-electron chi connectivity index (χ4n) is 4.63. The molecule has 0 radical (unpaired) electrons. The first-order valence-electron chi connectivity index (χ1n) is 9.71. The molecule has 144 valence electrons. The van der Waals surface area contributed by atoms with Crippen molar-refractivity contribution < 1.29 is 8.81 Å². The van der Waals surface area contributed by atoms with Gasteiger partial charge < -0.3 is 8.98 Å². The second-order valence-corrected chi connectivity index (χ2v) is 7.92. The summed E-state index contributed by atoms with van der Waals surface area (Å²) >= 11 is 0. The van der Waals surface area contributed by atoms with Crippen LogP contribution >= 0.6 is 0 Å². The molecule has 2 aromatic heterocycles. The van der Waals surface area contributed by atoms with Crippen LogP contribution in [0.3, 0.4) is 0 Å². The Balaban J connectivity index is 1.37. The van der Waals surface area contributed by atoms with Crippen LogP contribution in [0.15, 0.2) is 51.7 Å². The Morgan fingerprint density at radius 3 is 2.79 bits per heavy atom. The first-order valence-corrected chi connectivity index (χ1v) is 9.71. The molecular formula is C22H22FN3O2. The topological polar surface area (TPSA) is 51.3 Å². The van der Waals surface area contributed by atoms with Gasteiger partial charge in [-0.05, 0) is 49.6 Å². The first kappa shape index (κ1) is 17.4. The minimum Gasteiger partial charge on any atom is -0.441 e. The lowest BCUT2D eigenvalue weighted by molar-refractivity contribution is 0.113. The zero-order chi connectivity index (χ0) is 19.3. The summed E-state index contributed by atoms with van der Waals surface area (Å²) in [6.45, 7) is 5.31. The van der Waals surface area contributed by atoms with Crippen LogP contribution in [0.2, 0.25) is 0 Å². The summed E-state index contributed by atoms with van der Waals surface area (Å²) in [4.78, 5) is 19.3. The van der Waals surface area contributed by atoms with Gasteiger partial charge in [-0.15, -0.1) is 0 Å². The molecule has 0 saturated carbocycles. The Kier molecular flexibility index (Phi) is 4.16. The molecule has 0 spiro atoms. The number of hydrogen-bond acceptors (Lipinski definition) is 4. The summed E-state index contributed by atoms with van der Waals surface area (Å²) in [6, 6.07) is 11.8. The smallest absolute Gasteiger partial charge is 0.250 e. The number of aromatic nitrogens is 2. The molecule has 2 atom stereocenters. The Morgan fingerprint density at radius 1 is 1.14 bits per heavy atom. The molecule has 1 fully saturated rings. The van der Waals surface area contributed by atoms with Gasteiger partial charge in [-0.2, -0.15) is 0 Å². The second-order valence-electron chi connectivity index (χ2n) is 7.92. The molecule has 0 N–H and O–H groups in total. The quantitative estimate of drug-likeness (QED) is 0.698. The number of aryl methyl sites for hydroxylation is 1. The summed E-state index contributed by atoms with van der Waals surface area (Å²) in [5.41, 5.74) is 2.96. The third-order valence-electron chi connectivity index (χ3n) is 5.91. The van der Waals surface area contributed by atoms with Crippen LogP contribution in [0, 0.1) is 18.7 Å². The van der Waals surface area contributed by atoms with Crippen LogP contribution < -0.4 is 5.56 Å². The average molecular weight is 379 g/mol. The maximum atomic E-state index is 13.2. The van der Waals surface area contributed by atoms with Crippen molar-refractivity contribution in [3.63, 3.8) is 0 Å². The summed E-state index contributed by atoms with van der Waals surface area (Å²) in [7, 11) is 0. The first-order chi connectivity index (χ1) is 13.6. The van der Waals surface area contributed by atoms with Crippen molar-refractivity contribution in [3.8, 4) is 11.5 Å². The third-order valence-corrected chi connectivity index (χ3v) is 5.91. The van der Waals surface area contributed by atoms with Crippen LogP contribution in [-0.2, 0) is 13.1 Å². The standard InChI is InChI=1S/C22H22FN3O2/c1-14-19(24-22(28-14)16-5-7-18(23)8-6-16)13-25-10-15-9-17(12-25)20-3-2-4-21(27)26(20)11-15/h2-8,15,17H,9-13H2,1H3/t15-,17-/m0/s1. The number of nitrogens with zero attached hydrogens (tertiary/aromatic N) is 3. The van der Waals surface area contributed by atoms with Crippen LogP contribution in [0.5, 0.6) is 0 Å². The fourth-order valence-corrected chi connectivity index (χ4v) is 4.63. The highest BCUT2D eigenvalue weighted by Gasteiger charge is 2.34. The van der Waals surface area contributed by atoms with Gasteiger partial charge in [0.2, 0.25) is 5.89 Å². The Morgan fingerprint density at radius 2 is 1.96 bits per heavy atom. The predicted octanol–water partition coefficient (Wildman–Crippen LogP) is 3.57. The van der Waals surface area contributed by atoms with E-state index in [1.165, 1.54) is 12.1 Å². The fraction of sp³-hybridized carbons (Fsp3) is 0.364. The number of likely N-dealkylation sites (tertiary alicyclic amines) is 1. The SMILES string of the molecule is Cc1oc(-c2ccc(F)cc2)nc1CN1C[C@@H]2C[C@@H](C1)c1cccc(=O)n1C2. The van der Waals surface area contributed by atoms with Crippen molar-refractivity contribution >= 4 is 0 Å². The molecular weight excluding hydrogens is 357 g/mol. The van der Waals surface area contributed by atoms with Gasteiger partial charge in [0.25, 0.3) is 5.56 Å². The summed E-state index contributed by atoms with van der Waals surface area (Å²) in [5.74, 6) is 1.92. The number of hydrogen-bond donors (Lipinski definition) is 0. The minimum atomic E-state index is -0.272. The molecule has 2 aliphatic rings. The van der Waals surface area contributed by atoms with Gasteiger partial charge in [-0.3, -0.25) is 9.69 Å². The highest BCUT2D eigenvalue weighted by atomic mass is 19.1. The van der Waals surface area contributed by atoms with Crippen molar-refractivity contribution in [1.82, 2.24) is 14.5 Å². The van der Waals surface area contributed by atoms with Gasteiger partial charge in [0.05, 0.1) is 5.69 Å². The molecule has 0 aliphatic carbocycles. The van der Waals surface area contributed by atoms with E-state index >= 15 is 0 Å². The maximum absolute atomic E-state index is 13.2. The summed E-state index contributed by atoms with van der Waals surface area (Å²) in [6.07, 6.45) is 1.14. The van der Waals surface area contributed by atoms with E-state index in [-0.39, 0.29) is 11.4 Å². The number of pyridine rings is 1. The van der Waals surface area contributed by atoms with E-state index in [0.29, 0.717) is 17.7 Å². The molecule has 2 aliphatic heterocycles. The van der Waals surface area contributed by atoms with Crippen LogP contribution in [0.1, 0.15) is 29.5 Å². The molecule has 2 bridgehead atoms. The Hall–Kier alpha value is -2.73. The van der Waals surface area contributed by atoms with E-state index in [1.807, 2.05) is 17.6 Å². The number of halogens is 1. The molecule has 3 aromatic rings. The van der Waals surface area contributed by atoms with Gasteiger partial charge in [-0.1, -0.05) is 6.07 Å². The molecule has 5 nitrogen and oxygen atoms in total. The molecule has 28 heavy (non-hydrogen) atoms. The largest absolute Gasteiger partial charge is 0.441 e. The van der Waals surface area contributed by atoms with Gasteiger partial charge in [0.1, 0.15) is 11.6 Å². The van der Waals surface area contributed by atoms with E-state index < -0.39 is 0 Å². The van der Waals surface area contributed by atoms with Crippen LogP contribution in [0.25, 0.3) is 11.5 Å². The molecule has 6 heteroatoms. The monoisotopic (exact) mass is 379 g/mol. The van der Waals surface area contributed by atoms with Crippen LogP contribution in [-0.4, -0.2) is 27.5 Å². The van der Waals surface area contributed by atoms with Gasteiger partial charge in [-0.25, -0.2) is 9.37 Å². The summed E-state index contributed by atoms with van der Waals surface area (Å²) in [5, 5.41) is 0. The lowest BCUT2D eigenvalue weighted by atomic mass is 9.83. The Labute approximate surface area is 162 Å². The average Bonchev–Trinajstić information content (AvgIpc) is 3.04. The predicted molar refractivity (Wildman–Crippen MR) is 103 cm³/mol. The van der Waals surface area contributed by atoms with Crippen molar-refractivity contribution in [2.24, 2.45) is 5.92 Å². The minimum absolute atomic E-state index is 0.108. The molecule has 1 saturated heterocycles. The lowest BCUT2D eigenvalue weighted by Crippen LogP contribution is -2.46. The van der Waals surface area contributed by atoms with Crippen molar-refractivity contribution in [3.05, 3.63) is 75.8 Å². The number of benzene rings is 1. The van der Waals surface area contributed by atoms with E-state index in [4.69, 9.17) is 4.42 Å². The molecule has 1 aromatic carbocycles. The van der Waals surface area contributed by atoms with Crippen molar-refractivity contribution in [2.75, 3.05) is 13.1 Å². The van der Waals surface area contributed by atoms with E-state index in [0.717, 1.165) is 55.3 Å². The Bertz CT molecular complexity index is 1070. The van der Waals surface area contributed by atoms with Gasteiger partial charge in [0, 0.05) is 49.4 Å². The molecule has 0 amide bonds. The van der Waals surface area contributed by atoms with E-state index in [1.54, 1.807) is 18.2 Å². The lowest BCUT2D eigenvalue weighted by Gasteiger charge is -2.42. The normalized spacial score (nSPS) is 21.5. The number of fused-ring (bicyclic) bond motifs is 4. The van der Waals surface area contributed by atoms with Gasteiger partial charge in [0.15, 0.2) is 0 Å². The highest BCUT2D eigenvalue weighted by Crippen LogP contribution is 2.35. The zero-order valence-corrected chi connectivity index (χ0v) is 15.8. The van der Waals surface area contributed by atoms with Gasteiger partial charge >= 0.3 is 0 Å².